The molecule has 3 rings (SSSR count). The number of hydrogen-bond donors (Lipinski definition) is 0. The first kappa shape index (κ1) is 15.4. The molecule has 0 aromatic carbocycles. The van der Waals surface area contributed by atoms with Crippen LogP contribution in [-0.2, 0) is 20.7 Å². The maximum Gasteiger partial charge on any atom is 0.249 e. The lowest BCUT2D eigenvalue weighted by Crippen LogP contribution is -2.33. The van der Waals surface area contributed by atoms with Crippen molar-refractivity contribution in [1.82, 2.24) is 15.0 Å². The van der Waals surface area contributed by atoms with Crippen LogP contribution in [0.4, 0.5) is 0 Å². The maximum atomic E-state index is 12.0. The molecular weight excluding hydrogens is 286 g/mol. The topological polar surface area (TPSA) is 77.7 Å². The van der Waals surface area contributed by atoms with Crippen LogP contribution < -0.4 is 0 Å². The number of ether oxygens (including phenoxy) is 2. The summed E-state index contributed by atoms with van der Waals surface area (Å²) in [7, 11) is 1.52. The highest BCUT2D eigenvalue weighted by Crippen LogP contribution is 2.31. The zero-order valence-corrected chi connectivity index (χ0v) is 13.0. The Morgan fingerprint density at radius 1 is 1.41 bits per heavy atom. The van der Waals surface area contributed by atoms with E-state index in [9.17, 15) is 4.79 Å². The lowest BCUT2D eigenvalue weighted by atomic mass is 10.2. The third-order valence-electron chi connectivity index (χ3n) is 4.13. The van der Waals surface area contributed by atoms with E-state index in [0.717, 1.165) is 31.9 Å². The molecule has 2 fully saturated rings. The van der Waals surface area contributed by atoms with Gasteiger partial charge in [0.1, 0.15) is 12.6 Å². The molecule has 0 radical (unpaired) electrons. The summed E-state index contributed by atoms with van der Waals surface area (Å²) in [5.74, 6) is 1.91. The van der Waals surface area contributed by atoms with Gasteiger partial charge in [-0.15, -0.1) is 0 Å². The minimum atomic E-state index is -0.115. The Kier molecular flexibility index (Phi) is 5.04. The maximum absolute atomic E-state index is 12.0. The smallest absolute Gasteiger partial charge is 0.249 e. The van der Waals surface area contributed by atoms with E-state index in [1.165, 1.54) is 20.0 Å². The van der Waals surface area contributed by atoms with Gasteiger partial charge in [0.05, 0.1) is 6.61 Å². The number of carbonyl (C=O) groups excluding carboxylic acids is 1. The molecule has 7 nitrogen and oxygen atoms in total. The molecule has 1 saturated heterocycles. The van der Waals surface area contributed by atoms with Gasteiger partial charge in [-0.25, -0.2) is 0 Å². The van der Waals surface area contributed by atoms with E-state index < -0.39 is 0 Å². The van der Waals surface area contributed by atoms with Gasteiger partial charge in [0.15, 0.2) is 5.82 Å². The second-order valence-corrected chi connectivity index (χ2v) is 6.00. The Labute approximate surface area is 129 Å². The third-order valence-corrected chi connectivity index (χ3v) is 4.13. The molecule has 1 aliphatic heterocycles. The van der Waals surface area contributed by atoms with Gasteiger partial charge in [-0.2, -0.15) is 4.98 Å². The van der Waals surface area contributed by atoms with Crippen LogP contribution >= 0.6 is 0 Å². The highest BCUT2D eigenvalue weighted by molar-refractivity contribution is 5.78. The predicted molar refractivity (Wildman–Crippen MR) is 77.1 cm³/mol. The SMILES string of the molecule is COCC(=O)N1CCCC1c1nc(CCOCC2CC2)no1. The molecule has 0 spiro atoms. The highest BCUT2D eigenvalue weighted by atomic mass is 16.5. The fraction of sp³-hybridized carbons (Fsp3) is 0.800. The number of aromatic nitrogens is 2. The Hall–Kier alpha value is -1.47. The van der Waals surface area contributed by atoms with E-state index >= 15 is 0 Å². The van der Waals surface area contributed by atoms with Crippen LogP contribution in [0.2, 0.25) is 0 Å². The minimum Gasteiger partial charge on any atom is -0.381 e. The molecule has 7 heteroatoms. The van der Waals surface area contributed by atoms with Gasteiger partial charge in [-0.1, -0.05) is 5.16 Å². The Balaban J connectivity index is 1.51. The van der Waals surface area contributed by atoms with Crippen molar-refractivity contribution >= 4 is 5.91 Å². The summed E-state index contributed by atoms with van der Waals surface area (Å²) in [6.45, 7) is 2.26. The van der Waals surface area contributed by atoms with Crippen molar-refractivity contribution in [3.05, 3.63) is 11.7 Å². The first-order valence-electron chi connectivity index (χ1n) is 7.96. The molecule has 122 valence electrons. The van der Waals surface area contributed by atoms with E-state index in [1.54, 1.807) is 4.90 Å². The quantitative estimate of drug-likeness (QED) is 0.675. The summed E-state index contributed by atoms with van der Waals surface area (Å²) in [6, 6.07) is -0.115. The summed E-state index contributed by atoms with van der Waals surface area (Å²) in [6.07, 6.45) is 5.03. The summed E-state index contributed by atoms with van der Waals surface area (Å²) < 4.78 is 15.9. The van der Waals surface area contributed by atoms with Crippen molar-refractivity contribution in [1.29, 1.82) is 0 Å². The standard InChI is InChI=1S/C15H23N3O4/c1-20-10-14(19)18-7-2-3-12(18)15-16-13(17-22-15)6-8-21-9-11-4-5-11/h11-12H,2-10H2,1H3. The van der Waals surface area contributed by atoms with Crippen LogP contribution in [0, 0.1) is 5.92 Å². The van der Waals surface area contributed by atoms with Gasteiger partial charge >= 0.3 is 0 Å². The van der Waals surface area contributed by atoms with Crippen molar-refractivity contribution in [3.63, 3.8) is 0 Å². The number of rotatable bonds is 8. The number of nitrogens with zero attached hydrogens (tertiary/aromatic N) is 3. The van der Waals surface area contributed by atoms with Crippen LogP contribution in [0.25, 0.3) is 0 Å². The Morgan fingerprint density at radius 2 is 2.27 bits per heavy atom. The summed E-state index contributed by atoms with van der Waals surface area (Å²) >= 11 is 0. The third kappa shape index (κ3) is 3.84. The average Bonchev–Trinajstić information content (AvgIpc) is 3.02. The highest BCUT2D eigenvalue weighted by Gasteiger charge is 2.33. The molecule has 2 heterocycles. The molecule has 1 unspecified atom stereocenters. The second kappa shape index (κ2) is 7.19. The first-order valence-corrected chi connectivity index (χ1v) is 7.96. The molecule has 1 amide bonds. The predicted octanol–water partition coefficient (Wildman–Crippen LogP) is 1.35. The van der Waals surface area contributed by atoms with Gasteiger partial charge < -0.3 is 18.9 Å². The fourth-order valence-corrected chi connectivity index (χ4v) is 2.73. The van der Waals surface area contributed by atoms with E-state index in [2.05, 4.69) is 10.1 Å². The van der Waals surface area contributed by atoms with Crippen LogP contribution in [0.3, 0.4) is 0 Å². The van der Waals surface area contributed by atoms with E-state index in [1.807, 2.05) is 0 Å². The molecular formula is C15H23N3O4. The van der Waals surface area contributed by atoms with E-state index in [-0.39, 0.29) is 18.6 Å². The number of methoxy groups -OCH3 is 1. The lowest BCUT2D eigenvalue weighted by molar-refractivity contribution is -0.136. The van der Waals surface area contributed by atoms with Gasteiger partial charge in [0, 0.05) is 26.7 Å². The molecule has 2 aliphatic rings. The zero-order chi connectivity index (χ0) is 15.4. The van der Waals surface area contributed by atoms with Gasteiger partial charge in [-0.05, 0) is 31.6 Å². The van der Waals surface area contributed by atoms with E-state index in [0.29, 0.717) is 24.7 Å². The van der Waals surface area contributed by atoms with Crippen LogP contribution in [0.15, 0.2) is 4.52 Å². The number of likely N-dealkylation sites (tertiary alicyclic amines) is 1. The fourth-order valence-electron chi connectivity index (χ4n) is 2.73. The van der Waals surface area contributed by atoms with Crippen molar-refractivity contribution in [2.45, 2.75) is 38.1 Å². The summed E-state index contributed by atoms with van der Waals surface area (Å²) in [5, 5.41) is 4.00. The zero-order valence-electron chi connectivity index (χ0n) is 13.0. The van der Waals surface area contributed by atoms with Crippen molar-refractivity contribution in [2.75, 3.05) is 33.5 Å². The molecule has 0 N–H and O–H groups in total. The van der Waals surface area contributed by atoms with Crippen molar-refractivity contribution in [2.24, 2.45) is 5.92 Å². The average molecular weight is 309 g/mol. The largest absolute Gasteiger partial charge is 0.381 e. The van der Waals surface area contributed by atoms with Crippen molar-refractivity contribution in [3.8, 4) is 0 Å². The first-order chi connectivity index (χ1) is 10.8. The number of carbonyl (C=O) groups is 1. The van der Waals surface area contributed by atoms with Crippen molar-refractivity contribution < 1.29 is 18.8 Å². The van der Waals surface area contributed by atoms with E-state index in [4.69, 9.17) is 14.0 Å². The molecule has 1 atom stereocenters. The lowest BCUT2D eigenvalue weighted by Gasteiger charge is -2.21. The number of amides is 1. The molecule has 1 aliphatic carbocycles. The summed E-state index contributed by atoms with van der Waals surface area (Å²) in [4.78, 5) is 18.2. The molecule has 1 saturated carbocycles. The molecule has 1 aromatic heterocycles. The van der Waals surface area contributed by atoms with Gasteiger partial charge in [0.2, 0.25) is 11.8 Å². The number of hydrogen-bond acceptors (Lipinski definition) is 6. The van der Waals surface area contributed by atoms with Crippen LogP contribution in [0.1, 0.15) is 43.4 Å². The van der Waals surface area contributed by atoms with Gasteiger partial charge in [0.25, 0.3) is 0 Å². The minimum absolute atomic E-state index is 0.0301. The molecule has 0 bridgehead atoms. The normalized spacial score (nSPS) is 21.5. The Morgan fingerprint density at radius 3 is 3.05 bits per heavy atom. The second-order valence-electron chi connectivity index (χ2n) is 6.00. The Bertz CT molecular complexity index is 501. The summed E-state index contributed by atoms with van der Waals surface area (Å²) in [5.41, 5.74) is 0. The van der Waals surface area contributed by atoms with Gasteiger partial charge in [-0.3, -0.25) is 4.79 Å². The monoisotopic (exact) mass is 309 g/mol. The molecule has 22 heavy (non-hydrogen) atoms. The molecule has 1 aromatic rings. The van der Waals surface area contributed by atoms with Crippen LogP contribution in [0.5, 0.6) is 0 Å². The van der Waals surface area contributed by atoms with Crippen LogP contribution in [-0.4, -0.2) is 54.4 Å².